The maximum absolute atomic E-state index is 12.8. The van der Waals surface area contributed by atoms with Gasteiger partial charge in [-0.25, -0.2) is 4.79 Å². The lowest BCUT2D eigenvalue weighted by Crippen LogP contribution is -2.50. The fourth-order valence-electron chi connectivity index (χ4n) is 7.64. The number of carboxylic acids is 1. The van der Waals surface area contributed by atoms with Crippen LogP contribution in [0.2, 0.25) is 0 Å². The van der Waals surface area contributed by atoms with E-state index in [2.05, 4.69) is 50.3 Å². The summed E-state index contributed by atoms with van der Waals surface area (Å²) in [5.74, 6) is -1.45. The quantitative estimate of drug-likeness (QED) is 0.0282. The van der Waals surface area contributed by atoms with E-state index in [1.165, 1.54) is 141 Å². The Labute approximate surface area is 376 Å². The summed E-state index contributed by atoms with van der Waals surface area (Å²) >= 11 is 0. The number of quaternary nitrogens is 1. The van der Waals surface area contributed by atoms with Gasteiger partial charge in [0.05, 0.1) is 34.4 Å². The van der Waals surface area contributed by atoms with Gasteiger partial charge in [0.1, 0.15) is 6.61 Å². The molecule has 8 heteroatoms. The van der Waals surface area contributed by atoms with Gasteiger partial charge in [-0.2, -0.15) is 0 Å². The number of unbranched alkanes of at least 4 members (excludes halogenated alkanes) is 26. The lowest BCUT2D eigenvalue weighted by molar-refractivity contribution is -0.887. The molecule has 0 fully saturated rings. The molecule has 0 aliphatic rings. The zero-order valence-electron chi connectivity index (χ0n) is 40.6. The number of aliphatic carboxylic acids is 1. The Kier molecular flexibility index (Phi) is 42.4. The van der Waals surface area contributed by atoms with Gasteiger partial charge >= 0.3 is 17.9 Å². The Morgan fingerprint density at radius 3 is 1.36 bits per heavy atom. The molecule has 0 spiro atoms. The lowest BCUT2D eigenvalue weighted by Gasteiger charge is -2.31. The Hall–Kier alpha value is -2.45. The van der Waals surface area contributed by atoms with Crippen molar-refractivity contribution >= 4 is 17.9 Å². The summed E-state index contributed by atoms with van der Waals surface area (Å²) in [6.45, 7) is 4.66. The molecule has 0 aromatic heterocycles. The molecule has 0 amide bonds. The minimum Gasteiger partial charge on any atom is -0.477 e. The van der Waals surface area contributed by atoms with Crippen LogP contribution in [0, 0.1) is 0 Å². The summed E-state index contributed by atoms with van der Waals surface area (Å²) in [6.07, 6.45) is 51.9. The third-order valence-corrected chi connectivity index (χ3v) is 11.6. The predicted octanol–water partition coefficient (Wildman–Crippen LogP) is 14.6. The second-order valence-corrected chi connectivity index (χ2v) is 18.4. The molecule has 0 heterocycles. The topological polar surface area (TPSA) is 99.1 Å². The molecule has 61 heavy (non-hydrogen) atoms. The Bertz CT molecular complexity index is 1090. The normalized spacial score (nSPS) is 13.1. The van der Waals surface area contributed by atoms with Gasteiger partial charge in [0.25, 0.3) is 0 Å². The average molecular weight is 861 g/mol. The number of allylic oxidation sites excluding steroid dienone is 6. The van der Waals surface area contributed by atoms with Crippen molar-refractivity contribution in [3.05, 3.63) is 36.5 Å². The largest absolute Gasteiger partial charge is 0.477 e. The van der Waals surface area contributed by atoms with Crippen LogP contribution < -0.4 is 0 Å². The first-order valence-electron chi connectivity index (χ1n) is 25.5. The Balaban J connectivity index is 4.18. The van der Waals surface area contributed by atoms with E-state index in [-0.39, 0.29) is 36.2 Å². The summed E-state index contributed by atoms with van der Waals surface area (Å²) in [5.41, 5.74) is 0. The van der Waals surface area contributed by atoms with Crippen molar-refractivity contribution in [2.24, 2.45) is 0 Å². The van der Waals surface area contributed by atoms with E-state index in [1.807, 2.05) is 21.1 Å². The third kappa shape index (κ3) is 42.6. The number of likely N-dealkylation sites (N-methyl/N-ethyl adjacent to an activating group) is 1. The van der Waals surface area contributed by atoms with Crippen LogP contribution in [0.4, 0.5) is 0 Å². The average Bonchev–Trinajstić information content (AvgIpc) is 3.22. The molecule has 1 N–H and O–H groups in total. The van der Waals surface area contributed by atoms with E-state index in [4.69, 9.17) is 14.2 Å². The Morgan fingerprint density at radius 1 is 0.508 bits per heavy atom. The van der Waals surface area contributed by atoms with E-state index in [9.17, 15) is 19.5 Å². The minimum atomic E-state index is -0.872. The van der Waals surface area contributed by atoms with Gasteiger partial charge in [-0.15, -0.1) is 0 Å². The lowest BCUT2D eigenvalue weighted by atomic mass is 10.0. The molecule has 0 aliphatic heterocycles. The number of hydrogen-bond donors (Lipinski definition) is 1. The van der Waals surface area contributed by atoms with Gasteiger partial charge in [-0.05, 0) is 44.9 Å². The fraction of sp³-hybridized carbons (Fsp3) is 0.830. The number of carbonyl (C=O) groups excluding carboxylic acids is 2. The molecule has 0 aromatic rings. The number of nitrogens with zero attached hydrogens (tertiary/aromatic N) is 1. The fourth-order valence-corrected chi connectivity index (χ4v) is 7.64. The highest BCUT2D eigenvalue weighted by Crippen LogP contribution is 2.16. The molecule has 0 aliphatic carbocycles. The highest BCUT2D eigenvalue weighted by molar-refractivity contribution is 5.72. The van der Waals surface area contributed by atoms with Gasteiger partial charge in [-0.3, -0.25) is 9.59 Å². The zero-order valence-corrected chi connectivity index (χ0v) is 40.6. The van der Waals surface area contributed by atoms with E-state index < -0.39 is 18.1 Å². The van der Waals surface area contributed by atoms with Crippen LogP contribution in [0.3, 0.4) is 0 Å². The monoisotopic (exact) mass is 861 g/mol. The third-order valence-electron chi connectivity index (χ3n) is 11.6. The van der Waals surface area contributed by atoms with E-state index in [0.717, 1.165) is 57.8 Å². The number of ether oxygens (including phenoxy) is 3. The summed E-state index contributed by atoms with van der Waals surface area (Å²) in [5, 5.41) is 9.65. The first-order chi connectivity index (χ1) is 29.6. The second-order valence-electron chi connectivity index (χ2n) is 18.4. The highest BCUT2D eigenvalue weighted by atomic mass is 16.6. The van der Waals surface area contributed by atoms with Gasteiger partial charge in [-0.1, -0.05) is 204 Å². The van der Waals surface area contributed by atoms with Crippen LogP contribution in [0.5, 0.6) is 0 Å². The predicted molar refractivity (Wildman–Crippen MR) is 257 cm³/mol. The maximum Gasteiger partial charge on any atom is 0.362 e. The van der Waals surface area contributed by atoms with Gasteiger partial charge in [0, 0.05) is 19.3 Å². The maximum atomic E-state index is 12.8. The van der Waals surface area contributed by atoms with Crippen molar-refractivity contribution < 1.29 is 38.2 Å². The van der Waals surface area contributed by atoms with E-state index in [0.29, 0.717) is 19.3 Å². The second kappa shape index (κ2) is 44.2. The van der Waals surface area contributed by atoms with E-state index >= 15 is 0 Å². The van der Waals surface area contributed by atoms with Crippen LogP contribution in [0.15, 0.2) is 36.5 Å². The van der Waals surface area contributed by atoms with Crippen LogP contribution >= 0.6 is 0 Å². The molecule has 356 valence electrons. The van der Waals surface area contributed by atoms with Gasteiger partial charge in [0.2, 0.25) is 0 Å². The summed E-state index contributed by atoms with van der Waals surface area (Å²) in [4.78, 5) is 37.1. The molecule has 0 saturated carbocycles. The van der Waals surface area contributed by atoms with Gasteiger partial charge in [0.15, 0.2) is 12.1 Å². The van der Waals surface area contributed by atoms with Crippen molar-refractivity contribution in [2.75, 3.05) is 41.0 Å². The van der Waals surface area contributed by atoms with E-state index in [1.54, 1.807) is 0 Å². The molecule has 0 bridgehead atoms. The number of carboxylic acid groups (broad SMARTS) is 1. The first-order valence-corrected chi connectivity index (χ1v) is 25.5. The highest BCUT2D eigenvalue weighted by Gasteiger charge is 2.31. The number of hydrogen-bond acceptors (Lipinski definition) is 6. The van der Waals surface area contributed by atoms with Crippen molar-refractivity contribution in [3.63, 3.8) is 0 Å². The van der Waals surface area contributed by atoms with Crippen LogP contribution in [-0.4, -0.2) is 80.6 Å². The van der Waals surface area contributed by atoms with Gasteiger partial charge < -0.3 is 23.8 Å². The molecule has 8 nitrogen and oxygen atoms in total. The standard InChI is InChI=1S/C53H97NO7/c1-6-8-10-12-14-16-18-20-22-23-24-25-26-27-28-29-30-32-34-36-38-40-42-44-52(56)61-49(47-59-46-45-50(53(57)58)54(3,4)5)48-60-51(55)43-41-39-37-35-33-31-21-19-17-15-13-11-9-7-2/h8,10,14,16,20,22,49-50H,6-7,9,11-13,15,17-19,21,23-48H2,1-5H3/p+1/b10-8+,16-14+,22-20+. The van der Waals surface area contributed by atoms with Crippen molar-refractivity contribution in [3.8, 4) is 0 Å². The number of rotatable bonds is 46. The summed E-state index contributed by atoms with van der Waals surface area (Å²) < 4.78 is 17.4. The van der Waals surface area contributed by atoms with Crippen LogP contribution in [0.25, 0.3) is 0 Å². The molecule has 0 saturated heterocycles. The first kappa shape index (κ1) is 58.6. The molecule has 0 aromatic carbocycles. The summed E-state index contributed by atoms with van der Waals surface area (Å²) in [7, 11) is 5.54. The summed E-state index contributed by atoms with van der Waals surface area (Å²) in [6, 6.07) is -0.613. The van der Waals surface area contributed by atoms with Crippen LogP contribution in [-0.2, 0) is 28.6 Å². The SMILES string of the molecule is CC/C=C/C/C=C/C/C=C/CCCCCCCCCCCCCCCC(=O)OC(COCCC(C(=O)O)[N+](C)(C)C)COC(=O)CCCCCCCCCCCCCCCC. The van der Waals surface area contributed by atoms with Crippen molar-refractivity contribution in [2.45, 2.75) is 244 Å². The van der Waals surface area contributed by atoms with Crippen molar-refractivity contribution in [1.82, 2.24) is 0 Å². The molecular weight excluding hydrogens is 763 g/mol. The molecule has 2 unspecified atom stereocenters. The smallest absolute Gasteiger partial charge is 0.362 e. The molecule has 0 radical (unpaired) electrons. The molecule has 2 atom stereocenters. The van der Waals surface area contributed by atoms with Crippen LogP contribution in [0.1, 0.15) is 232 Å². The minimum absolute atomic E-state index is 0.0470. The molecular formula is C53H98NO7+. The Morgan fingerprint density at radius 2 is 0.918 bits per heavy atom. The zero-order chi connectivity index (χ0) is 44.9. The van der Waals surface area contributed by atoms with Crippen molar-refractivity contribution in [1.29, 1.82) is 0 Å². The number of carbonyl (C=O) groups is 3. The molecule has 0 rings (SSSR count). The number of esters is 2.